The van der Waals surface area contributed by atoms with Gasteiger partial charge < -0.3 is 16.4 Å². The molecule has 6 nitrogen and oxygen atoms in total. The minimum atomic E-state index is -4.72. The number of nitrogens with zero attached hydrogens (tertiary/aromatic N) is 2. The van der Waals surface area contributed by atoms with Crippen LogP contribution in [0, 0.1) is 5.92 Å². The van der Waals surface area contributed by atoms with Gasteiger partial charge in [-0.25, -0.2) is 4.68 Å². The van der Waals surface area contributed by atoms with Crippen LogP contribution >= 0.6 is 12.4 Å². The van der Waals surface area contributed by atoms with Crippen LogP contribution < -0.4 is 16.4 Å². The van der Waals surface area contributed by atoms with E-state index in [9.17, 15) is 18.0 Å². The monoisotopic (exact) mass is 605 g/mol. The van der Waals surface area contributed by atoms with Gasteiger partial charge >= 0.3 is 6.18 Å². The molecule has 222 valence electrons. The molecular weight excluding hydrogens is 575 g/mol. The van der Waals surface area contributed by atoms with Crippen molar-refractivity contribution in [3.05, 3.63) is 125 Å². The quantitative estimate of drug-likeness (QED) is 0.165. The van der Waals surface area contributed by atoms with Gasteiger partial charge in [-0.3, -0.25) is 4.79 Å². The zero-order chi connectivity index (χ0) is 29.3. The Hall–Kier alpha value is -4.18. The van der Waals surface area contributed by atoms with Crippen LogP contribution in [0.2, 0.25) is 0 Å². The highest BCUT2D eigenvalue weighted by Gasteiger charge is 2.36. The Morgan fingerprint density at radius 3 is 2.47 bits per heavy atom. The van der Waals surface area contributed by atoms with Crippen molar-refractivity contribution in [2.75, 3.05) is 11.9 Å². The summed E-state index contributed by atoms with van der Waals surface area (Å²) in [6.07, 6.45) is -2.31. The summed E-state index contributed by atoms with van der Waals surface area (Å²) in [5.74, 6) is -0.0628. The number of amides is 1. The number of alkyl halides is 3. The first kappa shape index (κ1) is 30.3. The molecule has 0 radical (unpaired) electrons. The molecule has 0 aliphatic heterocycles. The van der Waals surface area contributed by atoms with E-state index < -0.39 is 17.8 Å². The highest BCUT2D eigenvalue weighted by molar-refractivity contribution is 6.03. The Bertz CT molecular complexity index is 1740. The van der Waals surface area contributed by atoms with Gasteiger partial charge in [0.25, 0.3) is 5.91 Å². The third-order valence-electron chi connectivity index (χ3n) is 7.54. The number of rotatable bonds is 9. The Morgan fingerprint density at radius 2 is 1.70 bits per heavy atom. The lowest BCUT2D eigenvalue weighted by atomic mass is 9.93. The van der Waals surface area contributed by atoms with E-state index >= 15 is 0 Å². The van der Waals surface area contributed by atoms with E-state index in [0.29, 0.717) is 22.9 Å². The normalized spacial score (nSPS) is 13.9. The molecule has 5 aromatic rings. The molecule has 6 rings (SSSR count). The lowest BCUT2D eigenvalue weighted by Gasteiger charge is -2.22. The Kier molecular flexibility index (Phi) is 8.87. The predicted octanol–water partition coefficient (Wildman–Crippen LogP) is 7.27. The Labute approximate surface area is 253 Å². The molecule has 1 atom stereocenters. The van der Waals surface area contributed by atoms with Crippen LogP contribution in [0.3, 0.4) is 0 Å². The first-order valence-electron chi connectivity index (χ1n) is 13.9. The van der Waals surface area contributed by atoms with E-state index in [-0.39, 0.29) is 30.7 Å². The third-order valence-corrected chi connectivity index (χ3v) is 7.54. The summed E-state index contributed by atoms with van der Waals surface area (Å²) in [5.41, 5.74) is 7.87. The molecule has 1 aromatic heterocycles. The van der Waals surface area contributed by atoms with Crippen molar-refractivity contribution in [1.29, 1.82) is 0 Å². The van der Waals surface area contributed by atoms with Gasteiger partial charge in [-0.15, -0.1) is 12.4 Å². The van der Waals surface area contributed by atoms with E-state index in [1.54, 1.807) is 30.3 Å². The number of hydrogen-bond acceptors (Lipinski definition) is 4. The molecule has 1 saturated carbocycles. The van der Waals surface area contributed by atoms with Crippen molar-refractivity contribution >= 4 is 34.8 Å². The summed E-state index contributed by atoms with van der Waals surface area (Å²) in [5, 5.41) is 12.5. The predicted molar refractivity (Wildman–Crippen MR) is 165 cm³/mol. The first-order chi connectivity index (χ1) is 20.3. The largest absolute Gasteiger partial charge is 0.435 e. The maximum absolute atomic E-state index is 13.6. The van der Waals surface area contributed by atoms with Gasteiger partial charge in [-0.2, -0.15) is 18.3 Å². The zero-order valence-corrected chi connectivity index (χ0v) is 24.0. The molecule has 1 amide bonds. The standard InChI is InChI=1S/C33H30F3N5O.ClH/c34-33(35,36)30-18-29(41(40-30)26-11-3-6-22(16-26)19-37)32(42)39-25-10-4-9-24(17-25)31(38-20-21-14-15-21)28-13-5-8-23-7-1-2-12-27(23)28;/h1-13,16-18,21,31,38H,14-15,19-20,37H2,(H,39,42);1H. The van der Waals surface area contributed by atoms with Crippen LogP contribution in [0.25, 0.3) is 16.5 Å². The molecule has 0 saturated heterocycles. The lowest BCUT2D eigenvalue weighted by molar-refractivity contribution is -0.141. The number of nitrogens with two attached hydrogens (primary N) is 1. The molecule has 1 unspecified atom stereocenters. The number of halogens is 4. The van der Waals surface area contributed by atoms with Crippen molar-refractivity contribution in [2.45, 2.75) is 31.6 Å². The van der Waals surface area contributed by atoms with Crippen LogP contribution in [0.1, 0.15) is 51.8 Å². The molecule has 4 N–H and O–H groups in total. The van der Waals surface area contributed by atoms with Gasteiger partial charge in [0.2, 0.25) is 0 Å². The molecule has 0 bridgehead atoms. The van der Waals surface area contributed by atoms with Crippen molar-refractivity contribution in [2.24, 2.45) is 11.7 Å². The van der Waals surface area contributed by atoms with E-state index in [1.807, 2.05) is 36.4 Å². The van der Waals surface area contributed by atoms with Crippen LogP contribution in [0.4, 0.5) is 18.9 Å². The van der Waals surface area contributed by atoms with Gasteiger partial charge in [0.15, 0.2) is 5.69 Å². The van der Waals surface area contributed by atoms with Gasteiger partial charge in [0.05, 0.1) is 11.7 Å². The smallest absolute Gasteiger partial charge is 0.326 e. The van der Waals surface area contributed by atoms with E-state index in [0.717, 1.165) is 39.2 Å². The molecule has 10 heteroatoms. The van der Waals surface area contributed by atoms with Crippen molar-refractivity contribution in [3.63, 3.8) is 0 Å². The molecule has 1 aliphatic carbocycles. The van der Waals surface area contributed by atoms with Crippen LogP contribution in [-0.2, 0) is 12.7 Å². The maximum Gasteiger partial charge on any atom is 0.435 e. The number of benzene rings is 4. The number of fused-ring (bicyclic) bond motifs is 1. The SMILES string of the molecule is Cl.NCc1cccc(-n2nc(C(F)(F)F)cc2C(=O)Nc2cccc(C(NCC3CC3)c3cccc4ccccc34)c2)c1. The van der Waals surface area contributed by atoms with Gasteiger partial charge in [-0.05, 0) is 77.0 Å². The topological polar surface area (TPSA) is 85.0 Å². The van der Waals surface area contributed by atoms with E-state index in [1.165, 1.54) is 12.8 Å². The van der Waals surface area contributed by atoms with Crippen LogP contribution in [0.5, 0.6) is 0 Å². The van der Waals surface area contributed by atoms with Gasteiger partial charge in [0.1, 0.15) is 5.69 Å². The van der Waals surface area contributed by atoms with Crippen LogP contribution in [0.15, 0.2) is 97.1 Å². The fraction of sp³-hybridized carbons (Fsp3) is 0.212. The molecule has 0 spiro atoms. The molecule has 1 fully saturated rings. The second kappa shape index (κ2) is 12.6. The average Bonchev–Trinajstić information content (AvgIpc) is 3.70. The van der Waals surface area contributed by atoms with Crippen molar-refractivity contribution in [3.8, 4) is 5.69 Å². The second-order valence-corrected chi connectivity index (χ2v) is 10.6. The van der Waals surface area contributed by atoms with Gasteiger partial charge in [-0.1, -0.05) is 66.7 Å². The summed E-state index contributed by atoms with van der Waals surface area (Å²) in [7, 11) is 0. The maximum atomic E-state index is 13.6. The number of aromatic nitrogens is 2. The minimum Gasteiger partial charge on any atom is -0.326 e. The van der Waals surface area contributed by atoms with Crippen molar-refractivity contribution in [1.82, 2.24) is 15.1 Å². The molecule has 43 heavy (non-hydrogen) atoms. The fourth-order valence-corrected chi connectivity index (χ4v) is 5.20. The molecule has 4 aromatic carbocycles. The lowest BCUT2D eigenvalue weighted by Crippen LogP contribution is -2.25. The minimum absolute atomic E-state index is 0. The average molecular weight is 606 g/mol. The number of anilines is 1. The number of nitrogens with one attached hydrogen (secondary N) is 2. The zero-order valence-electron chi connectivity index (χ0n) is 23.1. The number of hydrogen-bond donors (Lipinski definition) is 3. The fourth-order valence-electron chi connectivity index (χ4n) is 5.20. The van der Waals surface area contributed by atoms with E-state index in [2.05, 4.69) is 40.0 Å². The number of carbonyl (C=O) groups excluding carboxylic acids is 1. The molecule has 1 aliphatic rings. The second-order valence-electron chi connectivity index (χ2n) is 10.6. The van der Waals surface area contributed by atoms with Gasteiger partial charge in [0, 0.05) is 18.3 Å². The van der Waals surface area contributed by atoms with Crippen LogP contribution in [-0.4, -0.2) is 22.2 Å². The van der Waals surface area contributed by atoms with E-state index in [4.69, 9.17) is 5.73 Å². The summed E-state index contributed by atoms with van der Waals surface area (Å²) in [6.45, 7) is 1.06. The summed E-state index contributed by atoms with van der Waals surface area (Å²) >= 11 is 0. The highest BCUT2D eigenvalue weighted by atomic mass is 35.5. The Balaban J connectivity index is 0.00000368. The third kappa shape index (κ3) is 6.74. The summed E-state index contributed by atoms with van der Waals surface area (Å²) in [6, 6.07) is 29.1. The number of carbonyl (C=O) groups is 1. The summed E-state index contributed by atoms with van der Waals surface area (Å²) < 4.78 is 41.9. The molecular formula is C33H31ClF3N5O. The molecule has 1 heterocycles. The highest BCUT2D eigenvalue weighted by Crippen LogP contribution is 2.34. The Morgan fingerprint density at radius 1 is 0.953 bits per heavy atom. The summed E-state index contributed by atoms with van der Waals surface area (Å²) in [4.78, 5) is 13.5. The van der Waals surface area contributed by atoms with Crippen molar-refractivity contribution < 1.29 is 18.0 Å². The first-order valence-corrected chi connectivity index (χ1v) is 13.9.